The minimum Gasteiger partial charge on any atom is -0.392 e. The second-order valence-corrected chi connectivity index (χ2v) is 2.62. The average Bonchev–Trinajstić information content (AvgIpc) is 2.18. The van der Waals surface area contributed by atoms with E-state index in [9.17, 15) is 0 Å². The summed E-state index contributed by atoms with van der Waals surface area (Å²) in [7, 11) is 1.48. The van der Waals surface area contributed by atoms with E-state index in [2.05, 4.69) is 0 Å². The molecule has 1 aromatic rings. The second-order valence-electron chi connectivity index (χ2n) is 2.62. The molecule has 0 spiro atoms. The molecule has 0 saturated carbocycles. The number of hydrogen-bond acceptors (Lipinski definition) is 3. The van der Waals surface area contributed by atoms with Crippen molar-refractivity contribution in [3.8, 4) is 0 Å². The van der Waals surface area contributed by atoms with Crippen LogP contribution >= 0.6 is 0 Å². The van der Waals surface area contributed by atoms with Crippen molar-refractivity contribution < 1.29 is 9.84 Å². The summed E-state index contributed by atoms with van der Waals surface area (Å²) >= 11 is 0. The van der Waals surface area contributed by atoms with Gasteiger partial charge < -0.3 is 9.84 Å². The molecule has 3 N–H and O–H groups in total. The van der Waals surface area contributed by atoms with Crippen LogP contribution in [0.25, 0.3) is 0 Å². The topological polar surface area (TPSA) is 55.5 Å². The SMILES string of the molecule is COC(N)(CO)c1ccccc1. The summed E-state index contributed by atoms with van der Waals surface area (Å²) in [5.41, 5.74) is 5.45. The van der Waals surface area contributed by atoms with E-state index in [1.165, 1.54) is 7.11 Å². The lowest BCUT2D eigenvalue weighted by molar-refractivity contribution is -0.0524. The van der Waals surface area contributed by atoms with Crippen LogP contribution < -0.4 is 5.73 Å². The Kier molecular flexibility index (Phi) is 2.81. The molecule has 0 amide bonds. The van der Waals surface area contributed by atoms with Gasteiger partial charge in [-0.2, -0.15) is 0 Å². The van der Waals surface area contributed by atoms with Crippen LogP contribution in [0.2, 0.25) is 0 Å². The zero-order valence-corrected chi connectivity index (χ0v) is 7.03. The van der Waals surface area contributed by atoms with Gasteiger partial charge in [0, 0.05) is 12.7 Å². The van der Waals surface area contributed by atoms with Crippen LogP contribution in [0.3, 0.4) is 0 Å². The quantitative estimate of drug-likeness (QED) is 0.642. The molecule has 0 aliphatic rings. The van der Waals surface area contributed by atoms with Crippen LogP contribution in [0.15, 0.2) is 30.3 Å². The van der Waals surface area contributed by atoms with Gasteiger partial charge in [-0.3, -0.25) is 5.73 Å². The van der Waals surface area contributed by atoms with Gasteiger partial charge in [0.2, 0.25) is 0 Å². The molecule has 0 saturated heterocycles. The third-order valence-corrected chi connectivity index (χ3v) is 1.86. The summed E-state index contributed by atoms with van der Waals surface area (Å²) < 4.78 is 5.00. The third-order valence-electron chi connectivity index (χ3n) is 1.86. The lowest BCUT2D eigenvalue weighted by Crippen LogP contribution is -2.42. The van der Waals surface area contributed by atoms with Gasteiger partial charge in [-0.15, -0.1) is 0 Å². The zero-order chi connectivity index (χ0) is 9.03. The molecule has 0 aliphatic carbocycles. The molecule has 0 aromatic heterocycles. The van der Waals surface area contributed by atoms with Crippen LogP contribution in [0.5, 0.6) is 0 Å². The standard InChI is InChI=1S/C9H13NO2/c1-12-9(10,7-11)8-5-3-2-4-6-8/h2-6,11H,7,10H2,1H3. The summed E-state index contributed by atoms with van der Waals surface area (Å²) in [5, 5.41) is 8.99. The maximum absolute atomic E-state index is 8.99. The monoisotopic (exact) mass is 167 g/mol. The Balaban J connectivity index is 2.95. The van der Waals surface area contributed by atoms with Gasteiger partial charge in [0.15, 0.2) is 5.72 Å². The smallest absolute Gasteiger partial charge is 0.165 e. The molecule has 12 heavy (non-hydrogen) atoms. The van der Waals surface area contributed by atoms with Crippen molar-refractivity contribution in [2.24, 2.45) is 5.73 Å². The number of aliphatic hydroxyl groups is 1. The van der Waals surface area contributed by atoms with E-state index in [0.717, 1.165) is 5.56 Å². The number of aliphatic hydroxyl groups excluding tert-OH is 1. The van der Waals surface area contributed by atoms with Crippen molar-refractivity contribution in [3.63, 3.8) is 0 Å². The van der Waals surface area contributed by atoms with E-state index in [4.69, 9.17) is 15.6 Å². The van der Waals surface area contributed by atoms with Crippen molar-refractivity contribution in [1.29, 1.82) is 0 Å². The average molecular weight is 167 g/mol. The van der Waals surface area contributed by atoms with Crippen LogP contribution in [0, 0.1) is 0 Å². The molecule has 1 aromatic carbocycles. The van der Waals surface area contributed by atoms with E-state index in [0.29, 0.717) is 0 Å². The number of rotatable bonds is 3. The Hall–Kier alpha value is -0.900. The van der Waals surface area contributed by atoms with E-state index >= 15 is 0 Å². The highest BCUT2D eigenvalue weighted by Crippen LogP contribution is 2.17. The molecule has 0 fully saturated rings. The van der Waals surface area contributed by atoms with Crippen molar-refractivity contribution in [1.82, 2.24) is 0 Å². The Morgan fingerprint density at radius 1 is 1.42 bits per heavy atom. The summed E-state index contributed by atoms with van der Waals surface area (Å²) in [6.07, 6.45) is 0. The van der Waals surface area contributed by atoms with Crippen molar-refractivity contribution in [3.05, 3.63) is 35.9 Å². The highest BCUT2D eigenvalue weighted by atomic mass is 16.5. The normalized spacial score (nSPS) is 15.6. The second kappa shape index (κ2) is 3.67. The molecule has 0 heterocycles. The Morgan fingerprint density at radius 3 is 2.42 bits per heavy atom. The van der Waals surface area contributed by atoms with Crippen molar-refractivity contribution >= 4 is 0 Å². The van der Waals surface area contributed by atoms with Gasteiger partial charge in [-0.25, -0.2) is 0 Å². The molecule has 0 bridgehead atoms. The maximum Gasteiger partial charge on any atom is 0.165 e. The first kappa shape index (κ1) is 9.19. The van der Waals surface area contributed by atoms with Crippen LogP contribution in [-0.2, 0) is 10.5 Å². The molecule has 0 radical (unpaired) electrons. The molecule has 1 atom stereocenters. The number of methoxy groups -OCH3 is 1. The Bertz CT molecular complexity index is 232. The van der Waals surface area contributed by atoms with Crippen LogP contribution in [-0.4, -0.2) is 18.8 Å². The molecule has 3 heteroatoms. The molecular weight excluding hydrogens is 154 g/mol. The summed E-state index contributed by atoms with van der Waals surface area (Å²) in [4.78, 5) is 0. The van der Waals surface area contributed by atoms with E-state index < -0.39 is 5.72 Å². The predicted octanol–water partition coefficient (Wildman–Crippen LogP) is 0.437. The first-order valence-electron chi connectivity index (χ1n) is 3.73. The van der Waals surface area contributed by atoms with Gasteiger partial charge >= 0.3 is 0 Å². The summed E-state index contributed by atoms with van der Waals surface area (Å²) in [5.74, 6) is 0. The number of nitrogens with two attached hydrogens (primary N) is 1. The van der Waals surface area contributed by atoms with Gasteiger partial charge in [-0.05, 0) is 0 Å². The fraction of sp³-hybridized carbons (Fsp3) is 0.333. The predicted molar refractivity (Wildman–Crippen MR) is 46.4 cm³/mol. The summed E-state index contributed by atoms with van der Waals surface area (Å²) in [6.45, 7) is -0.229. The first-order chi connectivity index (χ1) is 5.73. The molecule has 66 valence electrons. The van der Waals surface area contributed by atoms with E-state index in [1.807, 2.05) is 30.3 Å². The fourth-order valence-electron chi connectivity index (χ4n) is 0.994. The highest BCUT2D eigenvalue weighted by molar-refractivity contribution is 5.21. The van der Waals surface area contributed by atoms with Gasteiger partial charge in [0.1, 0.15) is 0 Å². The van der Waals surface area contributed by atoms with Gasteiger partial charge in [0.05, 0.1) is 6.61 Å². The molecular formula is C9H13NO2. The minimum atomic E-state index is -1.07. The lowest BCUT2D eigenvalue weighted by atomic mass is 10.1. The van der Waals surface area contributed by atoms with E-state index in [-0.39, 0.29) is 6.61 Å². The van der Waals surface area contributed by atoms with Crippen LogP contribution in [0.1, 0.15) is 5.56 Å². The number of hydrogen-bond donors (Lipinski definition) is 2. The van der Waals surface area contributed by atoms with Crippen LogP contribution in [0.4, 0.5) is 0 Å². The van der Waals surface area contributed by atoms with Crippen molar-refractivity contribution in [2.75, 3.05) is 13.7 Å². The number of benzene rings is 1. The summed E-state index contributed by atoms with van der Waals surface area (Å²) in [6, 6.07) is 9.23. The van der Waals surface area contributed by atoms with Crippen molar-refractivity contribution in [2.45, 2.75) is 5.72 Å². The molecule has 0 aliphatic heterocycles. The molecule has 1 rings (SSSR count). The number of ether oxygens (including phenoxy) is 1. The fourth-order valence-corrected chi connectivity index (χ4v) is 0.994. The Morgan fingerprint density at radius 2 is 2.00 bits per heavy atom. The third kappa shape index (κ3) is 1.64. The first-order valence-corrected chi connectivity index (χ1v) is 3.73. The molecule has 1 unspecified atom stereocenters. The van der Waals surface area contributed by atoms with Gasteiger partial charge in [0.25, 0.3) is 0 Å². The minimum absolute atomic E-state index is 0.229. The molecule has 3 nitrogen and oxygen atoms in total. The lowest BCUT2D eigenvalue weighted by Gasteiger charge is -2.25. The Labute approximate surface area is 71.8 Å². The maximum atomic E-state index is 8.99. The largest absolute Gasteiger partial charge is 0.392 e. The van der Waals surface area contributed by atoms with Gasteiger partial charge in [-0.1, -0.05) is 30.3 Å². The highest BCUT2D eigenvalue weighted by Gasteiger charge is 2.24. The van der Waals surface area contributed by atoms with E-state index in [1.54, 1.807) is 0 Å². The zero-order valence-electron chi connectivity index (χ0n) is 7.03.